The van der Waals surface area contributed by atoms with Crippen LogP contribution < -0.4 is 10.6 Å². The lowest BCUT2D eigenvalue weighted by Gasteiger charge is -2.27. The molecule has 1 unspecified atom stereocenters. The highest BCUT2D eigenvalue weighted by atomic mass is 16.2. The minimum absolute atomic E-state index is 0.00238. The second-order valence-corrected chi connectivity index (χ2v) is 8.66. The molecule has 36 heavy (non-hydrogen) atoms. The number of rotatable bonds is 5. The molecule has 1 saturated heterocycles. The number of anilines is 1. The van der Waals surface area contributed by atoms with Gasteiger partial charge < -0.3 is 5.32 Å². The quantitative estimate of drug-likeness (QED) is 0.505. The van der Waals surface area contributed by atoms with E-state index >= 15 is 0 Å². The first-order valence-electron chi connectivity index (χ1n) is 11.2. The molecule has 5 amide bonds. The van der Waals surface area contributed by atoms with Crippen molar-refractivity contribution >= 4 is 35.2 Å². The van der Waals surface area contributed by atoms with Crippen LogP contribution in [-0.2, 0) is 20.9 Å². The van der Waals surface area contributed by atoms with Crippen LogP contribution in [0.5, 0.6) is 0 Å². The van der Waals surface area contributed by atoms with E-state index in [0.717, 1.165) is 21.9 Å². The van der Waals surface area contributed by atoms with Crippen LogP contribution in [0.4, 0.5) is 5.69 Å². The summed E-state index contributed by atoms with van der Waals surface area (Å²) in [6.45, 7) is 3.57. The number of hydrogen-bond acceptors (Lipinski definition) is 8. The van der Waals surface area contributed by atoms with Crippen molar-refractivity contribution in [1.82, 2.24) is 30.2 Å². The molecule has 5 rings (SSSR count). The number of pyridine rings is 1. The number of piperidine rings is 1. The number of carbonyl (C=O) groups is 5. The molecule has 0 bridgehead atoms. The summed E-state index contributed by atoms with van der Waals surface area (Å²) in [4.78, 5) is 67.8. The van der Waals surface area contributed by atoms with Gasteiger partial charge in [0, 0.05) is 23.4 Å². The lowest BCUT2D eigenvalue weighted by molar-refractivity contribution is -0.136. The molecule has 182 valence electrons. The Hall–Kier alpha value is -4.74. The molecule has 2 aliphatic heterocycles. The van der Waals surface area contributed by atoms with Crippen molar-refractivity contribution in [3.63, 3.8) is 0 Å². The Kier molecular flexibility index (Phi) is 5.63. The first kappa shape index (κ1) is 23.0. The zero-order valence-electron chi connectivity index (χ0n) is 19.4. The number of fused-ring (bicyclic) bond motifs is 1. The third-order valence-corrected chi connectivity index (χ3v) is 5.96. The first-order valence-corrected chi connectivity index (χ1v) is 11.2. The summed E-state index contributed by atoms with van der Waals surface area (Å²) >= 11 is 0. The minimum Gasteiger partial charge on any atom is -0.324 e. The Morgan fingerprint density at radius 2 is 1.86 bits per heavy atom. The maximum absolute atomic E-state index is 13.2. The van der Waals surface area contributed by atoms with E-state index in [1.54, 1.807) is 6.20 Å². The van der Waals surface area contributed by atoms with E-state index in [-0.39, 0.29) is 36.2 Å². The molecule has 0 spiro atoms. The van der Waals surface area contributed by atoms with Crippen molar-refractivity contribution < 1.29 is 24.0 Å². The van der Waals surface area contributed by atoms with E-state index in [2.05, 4.69) is 25.9 Å². The maximum Gasteiger partial charge on any atom is 0.264 e. The summed E-state index contributed by atoms with van der Waals surface area (Å²) in [5.41, 5.74) is 3.30. The number of benzene rings is 1. The molecular formula is C24H21N7O5. The molecule has 12 heteroatoms. The summed E-state index contributed by atoms with van der Waals surface area (Å²) in [5, 5.41) is 12.9. The molecule has 12 nitrogen and oxygen atoms in total. The number of imide groups is 2. The Morgan fingerprint density at radius 1 is 1.11 bits per heavy atom. The van der Waals surface area contributed by atoms with Gasteiger partial charge in [-0.1, -0.05) is 11.3 Å². The number of hydrogen-bond donors (Lipinski definition) is 2. The van der Waals surface area contributed by atoms with Gasteiger partial charge in [-0.2, -0.15) is 0 Å². The van der Waals surface area contributed by atoms with Crippen LogP contribution in [0.2, 0.25) is 0 Å². The van der Waals surface area contributed by atoms with Gasteiger partial charge in [0.15, 0.2) is 0 Å². The van der Waals surface area contributed by atoms with Gasteiger partial charge in [-0.25, -0.2) is 4.68 Å². The van der Waals surface area contributed by atoms with Crippen molar-refractivity contribution in [3.8, 4) is 11.3 Å². The SMILES string of the molecule is Cc1cc(-c2cn(CC(=O)Nc3cccc4c3C(=O)N(C3CCC(=O)NC3=O)C4=O)nn2)cc(C)n1. The van der Waals surface area contributed by atoms with Crippen LogP contribution in [-0.4, -0.2) is 60.5 Å². The lowest BCUT2D eigenvalue weighted by Crippen LogP contribution is -2.54. The van der Waals surface area contributed by atoms with Gasteiger partial charge in [-0.05, 0) is 44.5 Å². The highest BCUT2D eigenvalue weighted by molar-refractivity contribution is 6.26. The van der Waals surface area contributed by atoms with Crippen LogP contribution in [0.15, 0.2) is 36.5 Å². The van der Waals surface area contributed by atoms with E-state index in [1.165, 1.54) is 22.9 Å². The van der Waals surface area contributed by atoms with E-state index in [1.807, 2.05) is 26.0 Å². The Morgan fingerprint density at radius 3 is 2.58 bits per heavy atom. The number of amides is 5. The van der Waals surface area contributed by atoms with Gasteiger partial charge in [0.2, 0.25) is 17.7 Å². The molecule has 2 aliphatic rings. The second-order valence-electron chi connectivity index (χ2n) is 8.66. The third kappa shape index (κ3) is 4.13. The number of aromatic nitrogens is 4. The number of nitrogens with one attached hydrogen (secondary N) is 2. The third-order valence-electron chi connectivity index (χ3n) is 5.96. The molecule has 4 heterocycles. The van der Waals surface area contributed by atoms with E-state index < -0.39 is 35.6 Å². The molecule has 1 fully saturated rings. The van der Waals surface area contributed by atoms with Crippen molar-refractivity contribution in [3.05, 3.63) is 59.0 Å². The van der Waals surface area contributed by atoms with E-state index in [0.29, 0.717) is 5.69 Å². The molecule has 1 aromatic carbocycles. The molecule has 2 aromatic heterocycles. The van der Waals surface area contributed by atoms with Gasteiger partial charge in [0.25, 0.3) is 11.8 Å². The van der Waals surface area contributed by atoms with Gasteiger partial charge in [0.1, 0.15) is 18.3 Å². The van der Waals surface area contributed by atoms with Crippen LogP contribution in [0.1, 0.15) is 44.9 Å². The van der Waals surface area contributed by atoms with Crippen LogP contribution in [0.25, 0.3) is 11.3 Å². The molecular weight excluding hydrogens is 466 g/mol. The topological polar surface area (TPSA) is 156 Å². The molecule has 0 saturated carbocycles. The summed E-state index contributed by atoms with van der Waals surface area (Å²) < 4.78 is 1.36. The predicted molar refractivity (Wildman–Crippen MR) is 124 cm³/mol. The number of carbonyl (C=O) groups excluding carboxylic acids is 5. The van der Waals surface area contributed by atoms with Crippen LogP contribution >= 0.6 is 0 Å². The summed E-state index contributed by atoms with van der Waals surface area (Å²) in [7, 11) is 0. The zero-order valence-corrected chi connectivity index (χ0v) is 19.4. The van der Waals surface area contributed by atoms with E-state index in [9.17, 15) is 24.0 Å². The van der Waals surface area contributed by atoms with Crippen molar-refractivity contribution in [2.45, 2.75) is 39.3 Å². The molecule has 3 aromatic rings. The van der Waals surface area contributed by atoms with Crippen molar-refractivity contribution in [2.75, 3.05) is 5.32 Å². The Bertz CT molecular complexity index is 1440. The average Bonchev–Trinajstić information content (AvgIpc) is 3.37. The molecule has 1 atom stereocenters. The number of nitrogens with zero attached hydrogens (tertiary/aromatic N) is 5. The molecule has 0 aliphatic carbocycles. The van der Waals surface area contributed by atoms with Crippen LogP contribution in [0, 0.1) is 13.8 Å². The fourth-order valence-electron chi connectivity index (χ4n) is 4.45. The Balaban J connectivity index is 1.33. The van der Waals surface area contributed by atoms with Crippen molar-refractivity contribution in [2.24, 2.45) is 0 Å². The fourth-order valence-corrected chi connectivity index (χ4v) is 4.45. The normalized spacial score (nSPS) is 17.3. The van der Waals surface area contributed by atoms with Gasteiger partial charge >= 0.3 is 0 Å². The van der Waals surface area contributed by atoms with E-state index in [4.69, 9.17) is 0 Å². The lowest BCUT2D eigenvalue weighted by atomic mass is 10.0. The largest absolute Gasteiger partial charge is 0.324 e. The van der Waals surface area contributed by atoms with Gasteiger partial charge in [0.05, 0.1) is 23.0 Å². The second kappa shape index (κ2) is 8.80. The standard InChI is InChI=1S/C24H21N7O5/c1-12-8-14(9-13(2)25-12)17-10-30(29-28-17)11-20(33)26-16-5-3-4-15-21(16)24(36)31(23(15)35)18-6-7-19(32)27-22(18)34/h3-5,8-10,18H,6-7,11H2,1-2H3,(H,26,33)(H,27,32,34). The monoisotopic (exact) mass is 487 g/mol. The highest BCUT2D eigenvalue weighted by Crippen LogP contribution is 2.32. The first-order chi connectivity index (χ1) is 17.2. The number of aryl methyl sites for hydroxylation is 2. The predicted octanol–water partition coefficient (Wildman–Crippen LogP) is 0.997. The maximum atomic E-state index is 13.2. The minimum atomic E-state index is -1.09. The summed E-state index contributed by atoms with van der Waals surface area (Å²) in [6, 6.07) is 7.14. The smallest absolute Gasteiger partial charge is 0.264 e. The zero-order chi connectivity index (χ0) is 25.6. The molecule has 0 radical (unpaired) electrons. The molecule has 2 N–H and O–H groups in total. The van der Waals surface area contributed by atoms with Crippen molar-refractivity contribution in [1.29, 1.82) is 0 Å². The summed E-state index contributed by atoms with van der Waals surface area (Å²) in [5.74, 6) is -2.99. The van der Waals surface area contributed by atoms with Crippen LogP contribution in [0.3, 0.4) is 0 Å². The highest BCUT2D eigenvalue weighted by Gasteiger charge is 2.45. The average molecular weight is 487 g/mol. The Labute approximate surface area is 204 Å². The van der Waals surface area contributed by atoms with Gasteiger partial charge in [-0.15, -0.1) is 5.10 Å². The van der Waals surface area contributed by atoms with Gasteiger partial charge in [-0.3, -0.25) is 39.2 Å². The fraction of sp³-hybridized carbons (Fsp3) is 0.250. The summed E-state index contributed by atoms with van der Waals surface area (Å²) in [6.07, 6.45) is 1.69.